The first-order valence-corrected chi connectivity index (χ1v) is 7.74. The number of aromatic nitrogens is 1. The third-order valence-electron chi connectivity index (χ3n) is 3.93. The monoisotopic (exact) mass is 316 g/mol. The number of nitrogens with zero attached hydrogens (tertiary/aromatic N) is 2. The molecule has 0 radical (unpaired) electrons. The summed E-state index contributed by atoms with van der Waals surface area (Å²) in [5.74, 6) is 0.887. The van der Waals surface area contributed by atoms with E-state index in [1.807, 2.05) is 50.2 Å². The molecular formula is C20H16N2O2. The van der Waals surface area contributed by atoms with Crippen LogP contribution in [-0.4, -0.2) is 10.1 Å². The molecule has 2 aromatic carbocycles. The molecule has 4 rings (SSSR count). The summed E-state index contributed by atoms with van der Waals surface area (Å²) >= 11 is 0. The van der Waals surface area contributed by atoms with Crippen LogP contribution in [0.2, 0.25) is 0 Å². The molecule has 0 atom stereocenters. The van der Waals surface area contributed by atoms with Gasteiger partial charge in [-0.3, -0.25) is 0 Å². The number of rotatable bonds is 1. The van der Waals surface area contributed by atoms with Crippen LogP contribution in [0.25, 0.3) is 22.6 Å². The van der Waals surface area contributed by atoms with Gasteiger partial charge in [-0.2, -0.15) is 0 Å². The summed E-state index contributed by atoms with van der Waals surface area (Å²) in [6, 6.07) is 16.7. The summed E-state index contributed by atoms with van der Waals surface area (Å²) in [6.07, 6.45) is 0. The van der Waals surface area contributed by atoms with E-state index in [1.165, 1.54) is 0 Å². The normalized spacial score (nSPS) is 12.2. The van der Waals surface area contributed by atoms with E-state index in [1.54, 1.807) is 18.2 Å². The predicted octanol–water partition coefficient (Wildman–Crippen LogP) is 4.49. The molecule has 0 saturated heterocycles. The van der Waals surface area contributed by atoms with E-state index < -0.39 is 0 Å². The number of hydrogen-bond acceptors (Lipinski definition) is 4. The van der Waals surface area contributed by atoms with Crippen molar-refractivity contribution in [2.75, 3.05) is 0 Å². The molecule has 2 aliphatic rings. The Morgan fingerprint density at radius 3 is 2.71 bits per heavy atom. The molecule has 4 nitrogen and oxygen atoms in total. The second-order valence-electron chi connectivity index (χ2n) is 5.92. The molecule has 0 unspecified atom stereocenters. The Bertz CT molecular complexity index is 1100. The lowest BCUT2D eigenvalue weighted by atomic mass is 10.1. The highest BCUT2D eigenvalue weighted by Crippen LogP contribution is 2.25. The molecule has 0 spiro atoms. The van der Waals surface area contributed by atoms with Crippen molar-refractivity contribution in [1.29, 1.82) is 0 Å². The van der Waals surface area contributed by atoms with E-state index in [0.29, 0.717) is 11.4 Å². The van der Waals surface area contributed by atoms with Crippen LogP contribution in [0, 0.1) is 13.8 Å². The van der Waals surface area contributed by atoms with Crippen molar-refractivity contribution in [2.45, 2.75) is 13.8 Å². The lowest BCUT2D eigenvalue weighted by Gasteiger charge is -2.08. The van der Waals surface area contributed by atoms with Gasteiger partial charge < -0.3 is 9.52 Å². The third-order valence-corrected chi connectivity index (χ3v) is 3.93. The number of fused-ring (bicyclic) bond motifs is 2. The molecule has 0 bridgehead atoms. The number of benzene rings is 3. The Hall–Kier alpha value is -3.14. The lowest BCUT2D eigenvalue weighted by molar-refractivity contribution is 0.475. The third kappa shape index (κ3) is 2.63. The average molecular weight is 316 g/mol. The largest absolute Gasteiger partial charge is 0.508 e. The molecule has 1 aliphatic heterocycles. The molecule has 0 fully saturated rings. The van der Waals surface area contributed by atoms with Crippen LogP contribution >= 0.6 is 0 Å². The van der Waals surface area contributed by atoms with Gasteiger partial charge in [0, 0.05) is 12.1 Å². The van der Waals surface area contributed by atoms with Crippen LogP contribution < -0.4 is 5.36 Å². The van der Waals surface area contributed by atoms with E-state index in [-0.39, 0.29) is 5.75 Å². The zero-order chi connectivity index (χ0) is 16.7. The molecule has 0 amide bonds. The number of aromatic hydroxyl groups is 1. The SMILES string of the molecule is Cc1ccc2oc3cc(=Nc4cccc(O)c4)c(C)cc-3nc2c1. The van der Waals surface area contributed by atoms with Gasteiger partial charge in [0.05, 0.1) is 11.0 Å². The fraction of sp³-hybridized carbons (Fsp3) is 0.100. The van der Waals surface area contributed by atoms with E-state index in [2.05, 4.69) is 9.98 Å². The molecule has 4 heteroatoms. The minimum absolute atomic E-state index is 0.197. The summed E-state index contributed by atoms with van der Waals surface area (Å²) in [4.78, 5) is 9.28. The quantitative estimate of drug-likeness (QED) is 0.526. The topological polar surface area (TPSA) is 58.6 Å². The molecule has 1 heterocycles. The van der Waals surface area contributed by atoms with Crippen molar-refractivity contribution in [1.82, 2.24) is 4.98 Å². The minimum atomic E-state index is 0.197. The van der Waals surface area contributed by atoms with E-state index in [4.69, 9.17) is 4.42 Å². The van der Waals surface area contributed by atoms with E-state index in [0.717, 1.165) is 33.3 Å². The van der Waals surface area contributed by atoms with E-state index >= 15 is 0 Å². The van der Waals surface area contributed by atoms with Crippen LogP contribution in [0.1, 0.15) is 11.1 Å². The standard InChI is InChI=1S/C20H16N2O2/c1-12-6-7-19-17(8-12)22-18-9-13(2)16(11-20(18)24-19)21-14-4-3-5-15(23)10-14/h3-11,23H,1-2H3. The summed E-state index contributed by atoms with van der Waals surface area (Å²) < 4.78 is 5.99. The fourth-order valence-electron chi connectivity index (χ4n) is 2.70. The van der Waals surface area contributed by atoms with Gasteiger partial charge in [0.1, 0.15) is 17.0 Å². The second-order valence-corrected chi connectivity index (χ2v) is 5.92. The fourth-order valence-corrected chi connectivity index (χ4v) is 2.70. The average Bonchev–Trinajstić information content (AvgIpc) is 2.54. The van der Waals surface area contributed by atoms with Crippen LogP contribution in [0.3, 0.4) is 0 Å². The molecule has 1 aliphatic carbocycles. The number of hydrogen-bond donors (Lipinski definition) is 1. The van der Waals surface area contributed by atoms with Crippen LogP contribution in [0.5, 0.6) is 5.75 Å². The van der Waals surface area contributed by atoms with Gasteiger partial charge in [0.15, 0.2) is 11.3 Å². The molecule has 0 aromatic heterocycles. The Labute approximate surface area is 139 Å². The Morgan fingerprint density at radius 2 is 1.88 bits per heavy atom. The van der Waals surface area contributed by atoms with Gasteiger partial charge in [0.2, 0.25) is 0 Å². The van der Waals surface area contributed by atoms with Crippen LogP contribution in [-0.2, 0) is 0 Å². The number of aryl methyl sites for hydroxylation is 2. The molecule has 118 valence electrons. The van der Waals surface area contributed by atoms with Crippen molar-refractivity contribution in [3.8, 4) is 17.2 Å². The van der Waals surface area contributed by atoms with Crippen molar-refractivity contribution in [3.05, 3.63) is 71.1 Å². The van der Waals surface area contributed by atoms with Gasteiger partial charge in [-0.05, 0) is 55.3 Å². The van der Waals surface area contributed by atoms with Gasteiger partial charge in [-0.15, -0.1) is 0 Å². The highest BCUT2D eigenvalue weighted by atomic mass is 16.3. The zero-order valence-electron chi connectivity index (χ0n) is 13.4. The Kier molecular flexibility index (Phi) is 3.31. The highest BCUT2D eigenvalue weighted by molar-refractivity contribution is 5.77. The van der Waals surface area contributed by atoms with Crippen molar-refractivity contribution in [3.63, 3.8) is 0 Å². The number of phenols is 1. The molecule has 0 saturated carbocycles. The minimum Gasteiger partial charge on any atom is -0.508 e. The van der Waals surface area contributed by atoms with Gasteiger partial charge in [-0.1, -0.05) is 12.1 Å². The molecule has 1 N–H and O–H groups in total. The van der Waals surface area contributed by atoms with Crippen molar-refractivity contribution >= 4 is 16.8 Å². The molecular weight excluding hydrogens is 300 g/mol. The number of phenolic OH excluding ortho intramolecular Hbond substituents is 1. The van der Waals surface area contributed by atoms with Crippen molar-refractivity contribution < 1.29 is 9.52 Å². The van der Waals surface area contributed by atoms with Gasteiger partial charge in [-0.25, -0.2) is 9.98 Å². The van der Waals surface area contributed by atoms with E-state index in [9.17, 15) is 5.11 Å². The predicted molar refractivity (Wildman–Crippen MR) is 93.4 cm³/mol. The molecule has 24 heavy (non-hydrogen) atoms. The Morgan fingerprint density at radius 1 is 1.00 bits per heavy atom. The van der Waals surface area contributed by atoms with Crippen molar-refractivity contribution in [2.24, 2.45) is 4.99 Å². The summed E-state index contributed by atoms with van der Waals surface area (Å²) in [5.41, 5.74) is 5.25. The van der Waals surface area contributed by atoms with Gasteiger partial charge in [0.25, 0.3) is 0 Å². The smallest absolute Gasteiger partial charge is 0.155 e. The first-order chi connectivity index (χ1) is 11.6. The summed E-state index contributed by atoms with van der Waals surface area (Å²) in [7, 11) is 0. The summed E-state index contributed by atoms with van der Waals surface area (Å²) in [5, 5.41) is 10.4. The second kappa shape index (κ2) is 5.49. The van der Waals surface area contributed by atoms with Crippen LogP contribution in [0.15, 0.2) is 64.0 Å². The summed E-state index contributed by atoms with van der Waals surface area (Å²) in [6.45, 7) is 4.02. The lowest BCUT2D eigenvalue weighted by Crippen LogP contribution is -2.07. The molecule has 2 aromatic rings. The highest BCUT2D eigenvalue weighted by Gasteiger charge is 2.10. The first-order valence-electron chi connectivity index (χ1n) is 7.74. The zero-order valence-corrected chi connectivity index (χ0v) is 13.4. The van der Waals surface area contributed by atoms with Crippen LogP contribution in [0.4, 0.5) is 5.69 Å². The maximum atomic E-state index is 9.58. The Balaban J connectivity index is 1.95. The van der Waals surface area contributed by atoms with Gasteiger partial charge >= 0.3 is 0 Å². The maximum absolute atomic E-state index is 9.58. The first kappa shape index (κ1) is 14.5. The maximum Gasteiger partial charge on any atom is 0.155 e.